The molecule has 0 unspecified atom stereocenters. The largest absolute Gasteiger partial charge is 0.356 e. The van der Waals surface area contributed by atoms with E-state index < -0.39 is 10.0 Å². The van der Waals surface area contributed by atoms with Crippen LogP contribution in [0.2, 0.25) is 0 Å². The third-order valence-electron chi connectivity index (χ3n) is 4.80. The average molecular weight is 415 g/mol. The number of aryl methyl sites for hydroxylation is 2. The molecule has 0 saturated heterocycles. The summed E-state index contributed by atoms with van der Waals surface area (Å²) >= 11 is 0. The lowest BCUT2D eigenvalue weighted by Crippen LogP contribution is -2.37. The maximum Gasteiger partial charge on any atom is 0.240 e. The molecular formula is C22H30N4O2S. The van der Waals surface area contributed by atoms with E-state index in [2.05, 4.69) is 52.4 Å². The molecule has 0 bridgehead atoms. The van der Waals surface area contributed by atoms with Crippen LogP contribution in [0.5, 0.6) is 0 Å². The van der Waals surface area contributed by atoms with E-state index in [-0.39, 0.29) is 6.04 Å². The van der Waals surface area contributed by atoms with Crippen LogP contribution in [-0.2, 0) is 23.0 Å². The second kappa shape index (κ2) is 9.41. The third kappa shape index (κ3) is 6.58. The molecule has 0 aliphatic heterocycles. The van der Waals surface area contributed by atoms with Gasteiger partial charge < -0.3 is 10.6 Å². The number of benzene rings is 2. The number of hydrogen-bond acceptors (Lipinski definition) is 3. The van der Waals surface area contributed by atoms with Gasteiger partial charge in [0.2, 0.25) is 10.0 Å². The van der Waals surface area contributed by atoms with Crippen molar-refractivity contribution in [3.63, 3.8) is 0 Å². The Morgan fingerprint density at radius 3 is 2.24 bits per heavy atom. The minimum atomic E-state index is -3.40. The fourth-order valence-corrected chi connectivity index (χ4v) is 4.53. The zero-order chi connectivity index (χ0) is 20.9. The summed E-state index contributed by atoms with van der Waals surface area (Å²) in [5.41, 5.74) is 4.86. The summed E-state index contributed by atoms with van der Waals surface area (Å²) in [5, 5.41) is 6.59. The number of rotatable bonds is 8. The maximum atomic E-state index is 12.2. The predicted molar refractivity (Wildman–Crippen MR) is 118 cm³/mol. The molecule has 6 nitrogen and oxygen atoms in total. The summed E-state index contributed by atoms with van der Waals surface area (Å²) in [6.45, 7) is 5.58. The van der Waals surface area contributed by atoms with E-state index in [1.165, 1.54) is 16.7 Å². The van der Waals surface area contributed by atoms with Gasteiger partial charge in [0.25, 0.3) is 0 Å². The van der Waals surface area contributed by atoms with Crippen LogP contribution in [0.25, 0.3) is 0 Å². The van der Waals surface area contributed by atoms with Crippen molar-refractivity contribution in [2.24, 2.45) is 4.99 Å². The van der Waals surface area contributed by atoms with Crippen LogP contribution in [0.15, 0.2) is 52.4 Å². The van der Waals surface area contributed by atoms with E-state index in [9.17, 15) is 8.42 Å². The number of sulfonamides is 1. The smallest absolute Gasteiger partial charge is 0.240 e. The molecule has 2 aromatic rings. The first-order chi connectivity index (χ1) is 13.9. The fourth-order valence-electron chi connectivity index (χ4n) is 3.22. The van der Waals surface area contributed by atoms with E-state index in [1.54, 1.807) is 19.2 Å². The summed E-state index contributed by atoms with van der Waals surface area (Å²) in [5.74, 6) is 0.724. The van der Waals surface area contributed by atoms with Crippen LogP contribution < -0.4 is 15.4 Å². The minimum Gasteiger partial charge on any atom is -0.356 e. The Hall–Kier alpha value is -2.38. The molecule has 0 aromatic heterocycles. The Morgan fingerprint density at radius 2 is 1.66 bits per heavy atom. The van der Waals surface area contributed by atoms with Crippen molar-refractivity contribution in [2.45, 2.75) is 50.6 Å². The maximum absolute atomic E-state index is 12.2. The number of guanidine groups is 1. The molecule has 0 atom stereocenters. The second-order valence-electron chi connectivity index (χ2n) is 7.64. The van der Waals surface area contributed by atoms with E-state index in [0.29, 0.717) is 11.4 Å². The average Bonchev–Trinajstić information content (AvgIpc) is 3.47. The first-order valence-corrected chi connectivity index (χ1v) is 11.5. The first kappa shape index (κ1) is 21.3. The Kier molecular flexibility index (Phi) is 6.92. The highest BCUT2D eigenvalue weighted by molar-refractivity contribution is 7.89. The van der Waals surface area contributed by atoms with Gasteiger partial charge in [-0.1, -0.05) is 41.5 Å². The van der Waals surface area contributed by atoms with Gasteiger partial charge in [-0.25, -0.2) is 13.1 Å². The van der Waals surface area contributed by atoms with Gasteiger partial charge >= 0.3 is 0 Å². The fraction of sp³-hybridized carbons (Fsp3) is 0.409. The highest BCUT2D eigenvalue weighted by Gasteiger charge is 2.27. The van der Waals surface area contributed by atoms with Crippen molar-refractivity contribution < 1.29 is 8.42 Å². The standard InChI is InChI=1S/C22H30N4O2S/c1-16-12-17(2)14-19(13-16)10-11-24-22(23-3)25-15-18-4-8-21(9-5-18)29(27,28)26-20-6-7-20/h4-5,8-9,12-14,20,26H,6-7,10-11,15H2,1-3H3,(H2,23,24,25). The summed E-state index contributed by atoms with van der Waals surface area (Å²) in [4.78, 5) is 4.56. The summed E-state index contributed by atoms with van der Waals surface area (Å²) in [7, 11) is -1.66. The topological polar surface area (TPSA) is 82.6 Å². The van der Waals surface area contributed by atoms with Crippen molar-refractivity contribution in [1.82, 2.24) is 15.4 Å². The number of nitrogens with one attached hydrogen (secondary N) is 3. The van der Waals surface area contributed by atoms with Crippen LogP contribution in [-0.4, -0.2) is 34.0 Å². The zero-order valence-electron chi connectivity index (χ0n) is 17.3. The summed E-state index contributed by atoms with van der Waals surface area (Å²) < 4.78 is 27.2. The lowest BCUT2D eigenvalue weighted by atomic mass is 10.1. The van der Waals surface area contributed by atoms with Gasteiger partial charge in [0.15, 0.2) is 5.96 Å². The number of hydrogen-bond donors (Lipinski definition) is 3. The molecule has 0 radical (unpaired) electrons. The van der Waals surface area contributed by atoms with Gasteiger partial charge in [-0.05, 0) is 56.4 Å². The molecule has 1 aliphatic rings. The normalized spacial score (nSPS) is 14.7. The molecule has 29 heavy (non-hydrogen) atoms. The Morgan fingerprint density at radius 1 is 1.00 bits per heavy atom. The highest BCUT2D eigenvalue weighted by Crippen LogP contribution is 2.22. The van der Waals surface area contributed by atoms with Gasteiger partial charge in [0.05, 0.1) is 4.90 Å². The van der Waals surface area contributed by atoms with Crippen molar-refractivity contribution >= 4 is 16.0 Å². The van der Waals surface area contributed by atoms with Gasteiger partial charge in [-0.15, -0.1) is 0 Å². The molecule has 2 aromatic carbocycles. The van der Waals surface area contributed by atoms with Crippen LogP contribution in [0, 0.1) is 13.8 Å². The Bertz CT molecular complexity index is 945. The molecule has 0 spiro atoms. The number of aliphatic imine (C=N–C) groups is 1. The molecule has 1 fully saturated rings. The van der Waals surface area contributed by atoms with Crippen LogP contribution in [0.1, 0.15) is 35.1 Å². The summed E-state index contributed by atoms with van der Waals surface area (Å²) in [6.07, 6.45) is 2.78. The lowest BCUT2D eigenvalue weighted by molar-refractivity contribution is 0.581. The van der Waals surface area contributed by atoms with Crippen molar-refractivity contribution in [2.75, 3.05) is 13.6 Å². The molecule has 7 heteroatoms. The third-order valence-corrected chi connectivity index (χ3v) is 6.34. The lowest BCUT2D eigenvalue weighted by Gasteiger charge is -2.13. The molecule has 1 aliphatic carbocycles. The van der Waals surface area contributed by atoms with Crippen molar-refractivity contribution in [3.05, 3.63) is 64.7 Å². The minimum absolute atomic E-state index is 0.111. The molecule has 3 rings (SSSR count). The quantitative estimate of drug-likeness (QED) is 0.458. The molecule has 1 saturated carbocycles. The predicted octanol–water partition coefficient (Wildman–Crippen LogP) is 2.65. The van der Waals surface area contributed by atoms with E-state index in [4.69, 9.17) is 0 Å². The molecule has 3 N–H and O–H groups in total. The van der Waals surface area contributed by atoms with E-state index >= 15 is 0 Å². The molecule has 0 heterocycles. The summed E-state index contributed by atoms with van der Waals surface area (Å²) in [6, 6.07) is 13.7. The van der Waals surface area contributed by atoms with Crippen molar-refractivity contribution in [3.8, 4) is 0 Å². The second-order valence-corrected chi connectivity index (χ2v) is 9.35. The van der Waals surface area contributed by atoms with Gasteiger partial charge in [0.1, 0.15) is 0 Å². The van der Waals surface area contributed by atoms with Gasteiger partial charge in [-0.2, -0.15) is 0 Å². The highest BCUT2D eigenvalue weighted by atomic mass is 32.2. The van der Waals surface area contributed by atoms with Crippen LogP contribution >= 0.6 is 0 Å². The number of nitrogens with zero attached hydrogens (tertiary/aromatic N) is 1. The molecule has 0 amide bonds. The van der Waals surface area contributed by atoms with Gasteiger partial charge in [0, 0.05) is 26.2 Å². The van der Waals surface area contributed by atoms with Crippen molar-refractivity contribution in [1.29, 1.82) is 0 Å². The van der Waals surface area contributed by atoms with Gasteiger partial charge in [-0.3, -0.25) is 4.99 Å². The Balaban J connectivity index is 1.47. The first-order valence-electron chi connectivity index (χ1n) is 9.99. The molecular weight excluding hydrogens is 384 g/mol. The molecule has 156 valence electrons. The SMILES string of the molecule is CN=C(NCCc1cc(C)cc(C)c1)NCc1ccc(S(=O)(=O)NC2CC2)cc1. The zero-order valence-corrected chi connectivity index (χ0v) is 18.1. The van der Waals surface area contributed by atoms with Crippen LogP contribution in [0.3, 0.4) is 0 Å². The van der Waals surface area contributed by atoms with E-state index in [0.717, 1.165) is 37.3 Å². The monoisotopic (exact) mass is 414 g/mol. The Labute approximate surface area is 173 Å². The van der Waals surface area contributed by atoms with E-state index in [1.807, 2.05) is 12.1 Å². The van der Waals surface area contributed by atoms with Crippen LogP contribution in [0.4, 0.5) is 0 Å².